The Morgan fingerprint density at radius 2 is 0.897 bits per heavy atom. The van der Waals surface area contributed by atoms with Gasteiger partial charge in [0.05, 0.1) is 0 Å². The van der Waals surface area contributed by atoms with Gasteiger partial charge in [0.2, 0.25) is 0 Å². The summed E-state index contributed by atoms with van der Waals surface area (Å²) < 4.78 is 0. The zero-order chi connectivity index (χ0) is 23.7. The first-order valence-electron chi connectivity index (χ1n) is 7.50. The summed E-state index contributed by atoms with van der Waals surface area (Å²) >= 11 is 0. The molecule has 29 heavy (non-hydrogen) atoms. The Bertz CT molecular complexity index is 583. The van der Waals surface area contributed by atoms with Gasteiger partial charge in [0.1, 0.15) is 18.5 Å². The van der Waals surface area contributed by atoms with Crippen LogP contribution >= 0.6 is 0 Å². The average molecular weight is 426 g/mol. The van der Waals surface area contributed by atoms with E-state index in [1.807, 2.05) is 0 Å². The van der Waals surface area contributed by atoms with Crippen LogP contribution in [0.2, 0.25) is 0 Å². The van der Waals surface area contributed by atoms with Crippen LogP contribution in [0.15, 0.2) is 0 Å². The molecule has 0 aliphatic carbocycles. The number of hydrogen-bond acceptors (Lipinski definition) is 9. The molecule has 0 heterocycles. The van der Waals surface area contributed by atoms with Gasteiger partial charge in [0.15, 0.2) is 0 Å². The summed E-state index contributed by atoms with van der Waals surface area (Å²) in [7, 11) is 0. The van der Waals surface area contributed by atoms with E-state index in [0.717, 1.165) is 0 Å². The lowest BCUT2D eigenvalue weighted by Crippen LogP contribution is -2.30. The molecule has 15 heteroatoms. The summed E-state index contributed by atoms with van der Waals surface area (Å²) in [6.45, 7) is 0. The number of ketones is 1. The van der Waals surface area contributed by atoms with Crippen molar-refractivity contribution in [1.82, 2.24) is 0 Å². The predicted octanol–water partition coefficient (Wildman–Crippen LogP) is -2.36. The third kappa shape index (κ3) is 24.4. The van der Waals surface area contributed by atoms with Gasteiger partial charge >= 0.3 is 35.8 Å². The maximum atomic E-state index is 9.99. The first-order chi connectivity index (χ1) is 13.1. The van der Waals surface area contributed by atoms with Crippen LogP contribution in [-0.2, 0) is 33.6 Å². The third-order valence-corrected chi connectivity index (χ3v) is 2.52. The number of carbonyl (C=O) groups is 7. The minimum Gasteiger partial charge on any atom is -0.481 e. The van der Waals surface area contributed by atoms with Crippen molar-refractivity contribution < 1.29 is 64.2 Å². The van der Waals surface area contributed by atoms with Gasteiger partial charge in [-0.25, -0.2) is 4.79 Å². The number of nitrogens with two attached hydrogens (primary N) is 2. The van der Waals surface area contributed by atoms with E-state index in [1.54, 1.807) is 0 Å². The number of Topliss-reactive ketones (excluding diaryl/α,β-unsaturated/α-hetero) is 1. The van der Waals surface area contributed by atoms with E-state index in [9.17, 15) is 33.6 Å². The summed E-state index contributed by atoms with van der Waals surface area (Å²) in [5.41, 5.74) is 10.0. The highest BCUT2D eigenvalue weighted by Crippen LogP contribution is 1.94. The van der Waals surface area contributed by atoms with Crippen molar-refractivity contribution in [2.24, 2.45) is 11.5 Å². The molecule has 166 valence electrons. The molecular formula is C14H22N2O13. The lowest BCUT2D eigenvalue weighted by molar-refractivity contribution is -0.152. The Morgan fingerprint density at radius 3 is 1.03 bits per heavy atom. The molecule has 0 aromatic rings. The fourth-order valence-corrected chi connectivity index (χ4v) is 1.02. The van der Waals surface area contributed by atoms with Gasteiger partial charge in [0, 0.05) is 12.8 Å². The molecule has 0 aromatic carbocycles. The second kappa shape index (κ2) is 16.6. The molecule has 15 nitrogen and oxygen atoms in total. The van der Waals surface area contributed by atoms with Crippen LogP contribution in [0.5, 0.6) is 0 Å². The maximum absolute atomic E-state index is 9.99. The van der Waals surface area contributed by atoms with Crippen molar-refractivity contribution in [3.05, 3.63) is 0 Å². The minimum absolute atomic E-state index is 0.0231. The standard InChI is InChI=1S/2C5H9NO4.C4H4O5/c2*6-3(5(9)10)1-2-4(7)8;5-2(4(8)9)1-3(6)7/h2*3H,1-2,6H2,(H,7,8)(H,9,10);1H2,(H,6,7)(H,8,9)/t2*3-;/m00./s1. The van der Waals surface area contributed by atoms with Crippen LogP contribution in [0, 0.1) is 0 Å². The number of carboxylic acids is 6. The molecule has 2 atom stereocenters. The van der Waals surface area contributed by atoms with Gasteiger partial charge in [-0.2, -0.15) is 0 Å². The molecule has 10 N–H and O–H groups in total. The molecule has 0 radical (unpaired) electrons. The van der Waals surface area contributed by atoms with Crippen molar-refractivity contribution in [2.45, 2.75) is 44.2 Å². The van der Waals surface area contributed by atoms with Crippen LogP contribution in [0.1, 0.15) is 32.1 Å². The second-order valence-corrected chi connectivity index (χ2v) is 5.05. The smallest absolute Gasteiger partial charge is 0.372 e. The summed E-state index contributed by atoms with van der Waals surface area (Å²) in [5.74, 6) is -8.83. The zero-order valence-electron chi connectivity index (χ0n) is 14.9. The SMILES string of the molecule is N[C@@H](CCC(=O)O)C(=O)O.N[C@@H](CCC(=O)O)C(=O)O.O=C(O)CC(=O)C(=O)O. The van der Waals surface area contributed by atoms with Gasteiger partial charge in [0.25, 0.3) is 5.78 Å². The first kappa shape index (κ1) is 30.1. The molecule has 0 spiro atoms. The fourth-order valence-electron chi connectivity index (χ4n) is 1.02. The minimum atomic E-state index is -1.71. The monoisotopic (exact) mass is 426 g/mol. The van der Waals surface area contributed by atoms with E-state index in [4.69, 9.17) is 42.1 Å². The van der Waals surface area contributed by atoms with E-state index in [-0.39, 0.29) is 25.7 Å². The number of carbonyl (C=O) groups excluding carboxylic acids is 1. The number of aliphatic carboxylic acids is 6. The van der Waals surface area contributed by atoms with Crippen molar-refractivity contribution in [3.8, 4) is 0 Å². The molecule has 0 saturated heterocycles. The van der Waals surface area contributed by atoms with E-state index in [1.165, 1.54) is 0 Å². The largest absolute Gasteiger partial charge is 0.481 e. The Kier molecular flexibility index (Phi) is 17.2. The van der Waals surface area contributed by atoms with Crippen molar-refractivity contribution in [1.29, 1.82) is 0 Å². The van der Waals surface area contributed by atoms with Gasteiger partial charge in [-0.1, -0.05) is 0 Å². The maximum Gasteiger partial charge on any atom is 0.372 e. The summed E-state index contributed by atoms with van der Waals surface area (Å²) in [6.07, 6.45) is -1.40. The number of hydrogen-bond donors (Lipinski definition) is 8. The van der Waals surface area contributed by atoms with Gasteiger partial charge in [-0.05, 0) is 12.8 Å². The molecule has 0 rings (SSSR count). The topological polar surface area (TPSA) is 293 Å². The quantitative estimate of drug-likeness (QED) is 0.126. The molecule has 0 unspecified atom stereocenters. The average Bonchev–Trinajstić information content (AvgIpc) is 2.57. The van der Waals surface area contributed by atoms with Gasteiger partial charge in [-0.3, -0.25) is 28.8 Å². The highest BCUT2D eigenvalue weighted by molar-refractivity contribution is 6.35. The Labute approximate surface area is 162 Å². The molecular weight excluding hydrogens is 404 g/mol. The molecule has 0 amide bonds. The summed E-state index contributed by atoms with van der Waals surface area (Å²) in [5, 5.41) is 48.2. The van der Waals surface area contributed by atoms with Crippen LogP contribution in [-0.4, -0.2) is 84.3 Å². The zero-order valence-corrected chi connectivity index (χ0v) is 14.9. The first-order valence-corrected chi connectivity index (χ1v) is 7.50. The Morgan fingerprint density at radius 1 is 0.586 bits per heavy atom. The molecule has 0 bridgehead atoms. The molecule has 0 aliphatic rings. The van der Waals surface area contributed by atoms with Crippen molar-refractivity contribution in [3.63, 3.8) is 0 Å². The molecule has 0 aliphatic heterocycles. The van der Waals surface area contributed by atoms with Crippen LogP contribution in [0.4, 0.5) is 0 Å². The molecule has 0 saturated carbocycles. The number of carboxylic acid groups (broad SMARTS) is 6. The van der Waals surface area contributed by atoms with Crippen molar-refractivity contribution in [2.75, 3.05) is 0 Å². The molecule has 0 aromatic heterocycles. The predicted molar refractivity (Wildman–Crippen MR) is 89.9 cm³/mol. The highest BCUT2D eigenvalue weighted by Gasteiger charge is 2.15. The Hall–Kier alpha value is -3.59. The van der Waals surface area contributed by atoms with Gasteiger partial charge < -0.3 is 42.1 Å². The van der Waals surface area contributed by atoms with Gasteiger partial charge in [-0.15, -0.1) is 0 Å². The van der Waals surface area contributed by atoms with Crippen LogP contribution < -0.4 is 11.5 Å². The van der Waals surface area contributed by atoms with E-state index < -0.39 is 60.1 Å². The molecule has 0 fully saturated rings. The van der Waals surface area contributed by atoms with Crippen molar-refractivity contribution >= 4 is 41.6 Å². The Balaban J connectivity index is -0.000000350. The van der Waals surface area contributed by atoms with Crippen LogP contribution in [0.25, 0.3) is 0 Å². The summed E-state index contributed by atoms with van der Waals surface area (Å²) in [4.78, 5) is 69.0. The summed E-state index contributed by atoms with van der Waals surface area (Å²) in [6, 6.07) is -2.12. The fraction of sp³-hybridized carbons (Fsp3) is 0.500. The second-order valence-electron chi connectivity index (χ2n) is 5.05. The lowest BCUT2D eigenvalue weighted by Gasteiger charge is -2.01. The van der Waals surface area contributed by atoms with E-state index in [0.29, 0.717) is 0 Å². The highest BCUT2D eigenvalue weighted by atomic mass is 16.4. The normalized spacial score (nSPS) is 11.2. The lowest BCUT2D eigenvalue weighted by atomic mass is 10.2. The van der Waals surface area contributed by atoms with Crippen LogP contribution in [0.3, 0.4) is 0 Å². The third-order valence-electron chi connectivity index (χ3n) is 2.52. The van der Waals surface area contributed by atoms with E-state index >= 15 is 0 Å². The number of rotatable bonds is 11. The van der Waals surface area contributed by atoms with E-state index in [2.05, 4.69) is 0 Å².